The Morgan fingerprint density at radius 1 is 1.21 bits per heavy atom. The second kappa shape index (κ2) is 11.1. The van der Waals surface area contributed by atoms with Gasteiger partial charge in [-0.25, -0.2) is 8.42 Å². The summed E-state index contributed by atoms with van der Waals surface area (Å²) in [6, 6.07) is 11.7. The quantitative estimate of drug-likeness (QED) is 0.447. The van der Waals surface area contributed by atoms with Crippen LogP contribution in [0, 0.1) is 5.92 Å². The van der Waals surface area contributed by atoms with E-state index in [1.165, 1.54) is 11.1 Å². The lowest BCUT2D eigenvalue weighted by Gasteiger charge is -2.32. The molecule has 7 heteroatoms. The first-order valence-electron chi connectivity index (χ1n) is 11.9. The Labute approximate surface area is 204 Å². The number of fused-ring (bicyclic) bond motifs is 1. The van der Waals surface area contributed by atoms with Crippen LogP contribution in [-0.4, -0.2) is 34.6 Å². The number of nitrogens with one attached hydrogen (secondary N) is 2. The first-order chi connectivity index (χ1) is 16.1. The van der Waals surface area contributed by atoms with Crippen LogP contribution in [0.1, 0.15) is 55.8 Å². The second-order valence-electron chi connectivity index (χ2n) is 9.47. The standard InChI is InChI=1S/C27H37N3O3S/c1-6-19(2)13-15-23(31)17-20-14-16-24-25(27(20)30(3)4)11-8-12-26(24)28-21-9-7-10-22(18-21)29-34(5,32)33/h7,9-10,13-16,18-19,26,28-29H,6,8,11-12,17H2,1-5H3/b15-13+. The molecule has 0 amide bonds. The Balaban J connectivity index is 1.87. The molecule has 2 aromatic carbocycles. The fourth-order valence-corrected chi connectivity index (χ4v) is 5.07. The summed E-state index contributed by atoms with van der Waals surface area (Å²) in [5, 5.41) is 3.60. The molecule has 0 fully saturated rings. The number of rotatable bonds is 10. The van der Waals surface area contributed by atoms with Crippen molar-refractivity contribution in [3.63, 3.8) is 0 Å². The summed E-state index contributed by atoms with van der Waals surface area (Å²) < 4.78 is 25.7. The van der Waals surface area contributed by atoms with Gasteiger partial charge in [-0.1, -0.05) is 44.5 Å². The normalized spacial score (nSPS) is 16.7. The number of carbonyl (C=O) groups excluding carboxylic acids is 1. The zero-order chi connectivity index (χ0) is 24.9. The van der Waals surface area contributed by atoms with E-state index in [1.54, 1.807) is 12.1 Å². The van der Waals surface area contributed by atoms with Crippen LogP contribution in [0.4, 0.5) is 17.1 Å². The third kappa shape index (κ3) is 6.86. The van der Waals surface area contributed by atoms with E-state index in [0.717, 1.165) is 48.9 Å². The lowest BCUT2D eigenvalue weighted by Crippen LogP contribution is -2.23. The van der Waals surface area contributed by atoms with E-state index in [0.29, 0.717) is 18.0 Å². The van der Waals surface area contributed by atoms with Crippen molar-refractivity contribution >= 4 is 32.9 Å². The van der Waals surface area contributed by atoms with Gasteiger partial charge < -0.3 is 10.2 Å². The molecule has 0 bridgehead atoms. The summed E-state index contributed by atoms with van der Waals surface area (Å²) in [5.41, 5.74) is 6.13. The van der Waals surface area contributed by atoms with Crippen molar-refractivity contribution in [1.82, 2.24) is 0 Å². The van der Waals surface area contributed by atoms with Gasteiger partial charge in [0.1, 0.15) is 0 Å². The van der Waals surface area contributed by atoms with Gasteiger partial charge in [0.2, 0.25) is 10.0 Å². The maximum atomic E-state index is 12.6. The zero-order valence-electron chi connectivity index (χ0n) is 20.9. The minimum Gasteiger partial charge on any atom is -0.378 e. The summed E-state index contributed by atoms with van der Waals surface area (Å²) in [4.78, 5) is 14.8. The maximum absolute atomic E-state index is 12.6. The van der Waals surface area contributed by atoms with Crippen molar-refractivity contribution in [3.8, 4) is 0 Å². The van der Waals surface area contributed by atoms with E-state index in [4.69, 9.17) is 0 Å². The van der Waals surface area contributed by atoms with Crippen LogP contribution in [0.2, 0.25) is 0 Å². The first kappa shape index (κ1) is 25.8. The van der Waals surface area contributed by atoms with Crippen LogP contribution in [0.25, 0.3) is 0 Å². The smallest absolute Gasteiger partial charge is 0.229 e. The molecule has 0 radical (unpaired) electrons. The molecule has 0 heterocycles. The third-order valence-electron chi connectivity index (χ3n) is 6.27. The molecular weight excluding hydrogens is 446 g/mol. The molecule has 0 aliphatic heterocycles. The maximum Gasteiger partial charge on any atom is 0.229 e. The number of hydrogen-bond acceptors (Lipinski definition) is 5. The summed E-state index contributed by atoms with van der Waals surface area (Å²) in [5.74, 6) is 0.530. The molecule has 6 nitrogen and oxygen atoms in total. The van der Waals surface area contributed by atoms with Crippen LogP contribution in [0.3, 0.4) is 0 Å². The molecule has 0 aromatic heterocycles. The predicted octanol–water partition coefficient (Wildman–Crippen LogP) is 5.33. The number of hydrogen-bond donors (Lipinski definition) is 2. The molecular formula is C27H37N3O3S. The van der Waals surface area contributed by atoms with Gasteiger partial charge in [-0.3, -0.25) is 9.52 Å². The fourth-order valence-electron chi connectivity index (χ4n) is 4.52. The average molecular weight is 484 g/mol. The minimum absolute atomic E-state index is 0.117. The molecule has 34 heavy (non-hydrogen) atoms. The van der Waals surface area contributed by atoms with Gasteiger partial charge in [0.05, 0.1) is 18.0 Å². The van der Waals surface area contributed by atoms with Gasteiger partial charge in [-0.15, -0.1) is 0 Å². The van der Waals surface area contributed by atoms with E-state index in [2.05, 4.69) is 40.9 Å². The summed E-state index contributed by atoms with van der Waals surface area (Å²) in [7, 11) is 0.743. The Bertz CT molecular complexity index is 1160. The molecule has 0 saturated carbocycles. The minimum atomic E-state index is -3.33. The van der Waals surface area contributed by atoms with E-state index in [1.807, 2.05) is 38.4 Å². The molecule has 2 unspecified atom stereocenters. The van der Waals surface area contributed by atoms with E-state index >= 15 is 0 Å². The summed E-state index contributed by atoms with van der Waals surface area (Å²) in [6.45, 7) is 4.24. The van der Waals surface area contributed by atoms with Crippen molar-refractivity contribution in [3.05, 3.63) is 65.2 Å². The molecule has 2 atom stereocenters. The molecule has 2 N–H and O–H groups in total. The van der Waals surface area contributed by atoms with Gasteiger partial charge in [-0.05, 0) is 66.1 Å². The summed E-state index contributed by atoms with van der Waals surface area (Å²) >= 11 is 0. The highest BCUT2D eigenvalue weighted by Gasteiger charge is 2.25. The topological polar surface area (TPSA) is 78.5 Å². The average Bonchev–Trinajstić information content (AvgIpc) is 2.76. The lowest BCUT2D eigenvalue weighted by molar-refractivity contribution is -0.114. The predicted molar refractivity (Wildman–Crippen MR) is 142 cm³/mol. The van der Waals surface area contributed by atoms with E-state index < -0.39 is 10.0 Å². The lowest BCUT2D eigenvalue weighted by atomic mass is 9.84. The van der Waals surface area contributed by atoms with E-state index in [9.17, 15) is 13.2 Å². The Hall–Kier alpha value is -2.80. The number of nitrogens with zero attached hydrogens (tertiary/aromatic N) is 1. The van der Waals surface area contributed by atoms with Gasteiger partial charge in [0, 0.05) is 31.9 Å². The number of ketones is 1. The van der Waals surface area contributed by atoms with Gasteiger partial charge in [-0.2, -0.15) is 0 Å². The van der Waals surface area contributed by atoms with Gasteiger partial charge >= 0.3 is 0 Å². The van der Waals surface area contributed by atoms with E-state index in [-0.39, 0.29) is 11.8 Å². The van der Waals surface area contributed by atoms with Crippen LogP contribution < -0.4 is 14.9 Å². The van der Waals surface area contributed by atoms with Gasteiger partial charge in [0.25, 0.3) is 0 Å². The molecule has 0 spiro atoms. The first-order valence-corrected chi connectivity index (χ1v) is 13.8. The monoisotopic (exact) mass is 483 g/mol. The highest BCUT2D eigenvalue weighted by atomic mass is 32.2. The number of sulfonamides is 1. The highest BCUT2D eigenvalue weighted by molar-refractivity contribution is 7.92. The van der Waals surface area contributed by atoms with Crippen molar-refractivity contribution < 1.29 is 13.2 Å². The Morgan fingerprint density at radius 3 is 2.62 bits per heavy atom. The molecule has 2 aromatic rings. The van der Waals surface area contributed by atoms with Crippen LogP contribution in [0.5, 0.6) is 0 Å². The largest absolute Gasteiger partial charge is 0.378 e. The molecule has 1 aliphatic rings. The number of benzene rings is 2. The molecule has 3 rings (SSSR count). The van der Waals surface area contributed by atoms with Crippen LogP contribution >= 0.6 is 0 Å². The van der Waals surface area contributed by atoms with Crippen molar-refractivity contribution in [1.29, 1.82) is 0 Å². The van der Waals surface area contributed by atoms with Crippen LogP contribution in [0.15, 0.2) is 48.6 Å². The highest BCUT2D eigenvalue weighted by Crippen LogP contribution is 2.39. The molecule has 184 valence electrons. The number of allylic oxidation sites excluding steroid dienone is 2. The Morgan fingerprint density at radius 2 is 1.94 bits per heavy atom. The zero-order valence-corrected chi connectivity index (χ0v) is 21.7. The number of anilines is 3. The SMILES string of the molecule is CCC(C)/C=C/C(=O)Cc1ccc2c(c1N(C)C)CCCC2Nc1cccc(NS(C)(=O)=O)c1. The Kier molecular flexibility index (Phi) is 8.42. The summed E-state index contributed by atoms with van der Waals surface area (Å²) in [6.07, 6.45) is 9.30. The molecule has 0 saturated heterocycles. The third-order valence-corrected chi connectivity index (χ3v) is 6.88. The second-order valence-corrected chi connectivity index (χ2v) is 11.2. The van der Waals surface area contributed by atoms with Crippen molar-refractivity contribution in [2.45, 2.75) is 52.0 Å². The molecule has 1 aliphatic carbocycles. The van der Waals surface area contributed by atoms with Crippen molar-refractivity contribution in [2.24, 2.45) is 5.92 Å². The van der Waals surface area contributed by atoms with Crippen molar-refractivity contribution in [2.75, 3.05) is 35.3 Å². The number of carbonyl (C=O) groups is 1. The fraction of sp³-hybridized carbons (Fsp3) is 0.444. The van der Waals surface area contributed by atoms with Gasteiger partial charge in [0.15, 0.2) is 5.78 Å². The van der Waals surface area contributed by atoms with Crippen LogP contribution in [-0.2, 0) is 27.7 Å².